The Morgan fingerprint density at radius 1 is 0.842 bits per heavy atom. The van der Waals surface area contributed by atoms with Crippen molar-refractivity contribution in [2.24, 2.45) is 0 Å². The zero-order valence-corrected chi connectivity index (χ0v) is 21.3. The second kappa shape index (κ2) is 9.94. The second-order valence-corrected chi connectivity index (χ2v) is 9.61. The molecule has 2 amide bonds. The predicted molar refractivity (Wildman–Crippen MR) is 147 cm³/mol. The standard InChI is InChI=1S/C31H27FN4O2/c1-31(2,23-10-5-4-6-11-23)36-29(37)21-9-7-8-20(16-21)22-17-25-26(30(38)33-3)27(35-28(25)34-18-22)19-12-14-24(32)15-13-19/h4-18H,1-3H3,(H,33,38)(H,34,35)(H,36,37). The van der Waals surface area contributed by atoms with E-state index >= 15 is 0 Å². The Bertz CT molecular complexity index is 1640. The Balaban J connectivity index is 1.52. The van der Waals surface area contributed by atoms with Crippen molar-refractivity contribution in [3.8, 4) is 22.4 Å². The minimum atomic E-state index is -0.556. The van der Waals surface area contributed by atoms with E-state index in [4.69, 9.17) is 0 Å². The number of nitrogens with one attached hydrogen (secondary N) is 3. The molecule has 0 saturated heterocycles. The number of pyridine rings is 1. The van der Waals surface area contributed by atoms with Crippen molar-refractivity contribution in [2.45, 2.75) is 19.4 Å². The molecular weight excluding hydrogens is 479 g/mol. The number of aromatic nitrogens is 2. The van der Waals surface area contributed by atoms with Crippen molar-refractivity contribution in [3.05, 3.63) is 114 Å². The van der Waals surface area contributed by atoms with Crippen LogP contribution < -0.4 is 10.6 Å². The zero-order chi connectivity index (χ0) is 26.9. The molecule has 6 nitrogen and oxygen atoms in total. The van der Waals surface area contributed by atoms with Crippen molar-refractivity contribution < 1.29 is 14.0 Å². The third kappa shape index (κ3) is 4.78. The van der Waals surface area contributed by atoms with Crippen LogP contribution in [0.5, 0.6) is 0 Å². The van der Waals surface area contributed by atoms with Gasteiger partial charge >= 0.3 is 0 Å². The third-order valence-electron chi connectivity index (χ3n) is 6.62. The highest BCUT2D eigenvalue weighted by molar-refractivity contribution is 6.12. The van der Waals surface area contributed by atoms with E-state index in [1.165, 1.54) is 12.1 Å². The number of hydrogen-bond donors (Lipinski definition) is 3. The second-order valence-electron chi connectivity index (χ2n) is 9.61. The quantitative estimate of drug-likeness (QED) is 0.262. The minimum Gasteiger partial charge on any atom is -0.355 e. The molecule has 0 saturated carbocycles. The fourth-order valence-corrected chi connectivity index (χ4v) is 4.55. The summed E-state index contributed by atoms with van der Waals surface area (Å²) in [6.45, 7) is 3.93. The van der Waals surface area contributed by atoms with Gasteiger partial charge in [0.05, 0.1) is 16.8 Å². The van der Waals surface area contributed by atoms with Crippen molar-refractivity contribution >= 4 is 22.8 Å². The molecule has 5 rings (SSSR count). The summed E-state index contributed by atoms with van der Waals surface area (Å²) in [5.41, 5.74) is 4.68. The fourth-order valence-electron chi connectivity index (χ4n) is 4.55. The summed E-state index contributed by atoms with van der Waals surface area (Å²) in [6, 6.07) is 24.9. The lowest BCUT2D eigenvalue weighted by molar-refractivity contribution is 0.0910. The van der Waals surface area contributed by atoms with E-state index in [1.807, 2.05) is 68.4 Å². The largest absolute Gasteiger partial charge is 0.355 e. The fraction of sp³-hybridized carbons (Fsp3) is 0.129. The number of fused-ring (bicyclic) bond motifs is 1. The normalized spacial score (nSPS) is 11.4. The van der Waals surface area contributed by atoms with Gasteiger partial charge in [0.2, 0.25) is 0 Å². The summed E-state index contributed by atoms with van der Waals surface area (Å²) in [4.78, 5) is 33.9. The van der Waals surface area contributed by atoms with Gasteiger partial charge < -0.3 is 15.6 Å². The third-order valence-corrected chi connectivity index (χ3v) is 6.62. The Kier molecular flexibility index (Phi) is 6.51. The van der Waals surface area contributed by atoms with Crippen LogP contribution in [-0.4, -0.2) is 28.8 Å². The number of rotatable bonds is 6. The maximum Gasteiger partial charge on any atom is 0.253 e. The summed E-state index contributed by atoms with van der Waals surface area (Å²) in [5, 5.41) is 6.43. The van der Waals surface area contributed by atoms with Crippen LogP contribution in [0.1, 0.15) is 40.1 Å². The molecule has 0 fully saturated rings. The lowest BCUT2D eigenvalue weighted by Crippen LogP contribution is -2.40. The highest BCUT2D eigenvalue weighted by Gasteiger charge is 2.24. The molecule has 0 bridgehead atoms. The Labute approximate surface area is 219 Å². The molecule has 0 spiro atoms. The summed E-state index contributed by atoms with van der Waals surface area (Å²) in [5.74, 6) is -0.838. The van der Waals surface area contributed by atoms with Gasteiger partial charge in [0, 0.05) is 29.8 Å². The molecule has 7 heteroatoms. The van der Waals surface area contributed by atoms with Gasteiger partial charge in [-0.05, 0) is 73.0 Å². The van der Waals surface area contributed by atoms with Gasteiger partial charge in [0.1, 0.15) is 11.5 Å². The van der Waals surface area contributed by atoms with E-state index in [2.05, 4.69) is 20.6 Å². The Morgan fingerprint density at radius 3 is 2.29 bits per heavy atom. The molecule has 3 N–H and O–H groups in total. The first-order valence-electron chi connectivity index (χ1n) is 12.2. The summed E-state index contributed by atoms with van der Waals surface area (Å²) < 4.78 is 13.5. The van der Waals surface area contributed by atoms with Gasteiger partial charge in [-0.2, -0.15) is 0 Å². The van der Waals surface area contributed by atoms with Crippen molar-refractivity contribution in [1.82, 2.24) is 20.6 Å². The number of benzene rings is 3. The van der Waals surface area contributed by atoms with Crippen LogP contribution in [0.15, 0.2) is 91.1 Å². The molecule has 190 valence electrons. The first-order chi connectivity index (χ1) is 18.3. The van der Waals surface area contributed by atoms with Gasteiger partial charge in [-0.3, -0.25) is 9.59 Å². The lowest BCUT2D eigenvalue weighted by Gasteiger charge is -2.27. The number of nitrogens with zero attached hydrogens (tertiary/aromatic N) is 1. The van der Waals surface area contributed by atoms with E-state index < -0.39 is 5.54 Å². The van der Waals surface area contributed by atoms with Gasteiger partial charge in [-0.25, -0.2) is 9.37 Å². The van der Waals surface area contributed by atoms with Crippen molar-refractivity contribution in [1.29, 1.82) is 0 Å². The van der Waals surface area contributed by atoms with Crippen LogP contribution in [0.2, 0.25) is 0 Å². The molecule has 0 aliphatic carbocycles. The van der Waals surface area contributed by atoms with Crippen LogP contribution in [-0.2, 0) is 5.54 Å². The van der Waals surface area contributed by atoms with Gasteiger partial charge in [0.15, 0.2) is 0 Å². The predicted octanol–water partition coefficient (Wildman–Crippen LogP) is 6.06. The summed E-state index contributed by atoms with van der Waals surface area (Å²) in [7, 11) is 1.56. The number of halogens is 1. The zero-order valence-electron chi connectivity index (χ0n) is 21.3. The molecule has 5 aromatic rings. The van der Waals surface area contributed by atoms with E-state index in [1.54, 1.807) is 31.4 Å². The topological polar surface area (TPSA) is 86.9 Å². The molecule has 2 aromatic heterocycles. The summed E-state index contributed by atoms with van der Waals surface area (Å²) >= 11 is 0. The minimum absolute atomic E-state index is 0.193. The van der Waals surface area contributed by atoms with Crippen LogP contribution in [0.25, 0.3) is 33.4 Å². The highest BCUT2D eigenvalue weighted by atomic mass is 19.1. The SMILES string of the molecule is CNC(=O)c1c(-c2ccc(F)cc2)[nH]c2ncc(-c3cccc(C(=O)NC(C)(C)c4ccccc4)c3)cc12. The van der Waals surface area contributed by atoms with Crippen molar-refractivity contribution in [2.75, 3.05) is 7.05 Å². The molecule has 0 radical (unpaired) electrons. The van der Waals surface area contributed by atoms with E-state index in [0.29, 0.717) is 33.4 Å². The molecule has 2 heterocycles. The van der Waals surface area contributed by atoms with Crippen molar-refractivity contribution in [3.63, 3.8) is 0 Å². The number of carbonyl (C=O) groups is 2. The van der Waals surface area contributed by atoms with Gasteiger partial charge in [0.25, 0.3) is 11.8 Å². The first kappa shape index (κ1) is 24.9. The molecule has 38 heavy (non-hydrogen) atoms. The molecule has 0 aliphatic heterocycles. The number of amides is 2. The molecular formula is C31H27FN4O2. The van der Waals surface area contributed by atoms with Crippen LogP contribution in [0.3, 0.4) is 0 Å². The smallest absolute Gasteiger partial charge is 0.253 e. The molecule has 0 atom stereocenters. The van der Waals surface area contributed by atoms with Gasteiger partial charge in [-0.1, -0.05) is 42.5 Å². The maximum atomic E-state index is 13.5. The summed E-state index contributed by atoms with van der Waals surface area (Å²) in [6.07, 6.45) is 1.70. The van der Waals surface area contributed by atoms with Crippen LogP contribution in [0.4, 0.5) is 4.39 Å². The molecule has 0 unspecified atom stereocenters. The monoisotopic (exact) mass is 506 g/mol. The van der Waals surface area contributed by atoms with Gasteiger partial charge in [-0.15, -0.1) is 0 Å². The average molecular weight is 507 g/mol. The maximum absolute atomic E-state index is 13.5. The number of aromatic amines is 1. The number of hydrogen-bond acceptors (Lipinski definition) is 3. The first-order valence-corrected chi connectivity index (χ1v) is 12.2. The number of carbonyl (C=O) groups excluding carboxylic acids is 2. The molecule has 3 aromatic carbocycles. The number of H-pyrrole nitrogens is 1. The van der Waals surface area contributed by atoms with E-state index in [0.717, 1.165) is 16.7 Å². The highest BCUT2D eigenvalue weighted by Crippen LogP contribution is 2.32. The van der Waals surface area contributed by atoms with E-state index in [9.17, 15) is 14.0 Å². The lowest BCUT2D eigenvalue weighted by atomic mass is 9.93. The van der Waals surface area contributed by atoms with Crippen LogP contribution >= 0.6 is 0 Å². The van der Waals surface area contributed by atoms with E-state index in [-0.39, 0.29) is 17.6 Å². The average Bonchev–Trinajstić information content (AvgIpc) is 3.32. The molecule has 0 aliphatic rings. The van der Waals surface area contributed by atoms with Crippen LogP contribution in [0, 0.1) is 5.82 Å². The Hall–Kier alpha value is -4.78. The Morgan fingerprint density at radius 2 is 1.58 bits per heavy atom.